The maximum atomic E-state index is 9.92. The largest absolute Gasteiger partial charge is 0.389 e. The smallest absolute Gasteiger partial charge is 0.0718 e. The Morgan fingerprint density at radius 1 is 1.26 bits per heavy atom. The van der Waals surface area contributed by atoms with E-state index in [0.717, 1.165) is 13.1 Å². The fourth-order valence-corrected chi connectivity index (χ4v) is 2.95. The van der Waals surface area contributed by atoms with Gasteiger partial charge in [0, 0.05) is 25.6 Å². The summed E-state index contributed by atoms with van der Waals surface area (Å²) in [5.74, 6) is 0.994. The molecule has 3 N–H and O–H groups in total. The van der Waals surface area contributed by atoms with E-state index in [0.29, 0.717) is 24.9 Å². The van der Waals surface area contributed by atoms with Crippen molar-refractivity contribution in [2.75, 3.05) is 26.2 Å². The van der Waals surface area contributed by atoms with Crippen LogP contribution in [0.5, 0.6) is 0 Å². The first-order chi connectivity index (χ1) is 8.49. The van der Waals surface area contributed by atoms with Gasteiger partial charge in [-0.15, -0.1) is 12.4 Å². The van der Waals surface area contributed by atoms with Gasteiger partial charge >= 0.3 is 0 Å². The highest BCUT2D eigenvalue weighted by Gasteiger charge is 2.34. The second-order valence-corrected chi connectivity index (χ2v) is 6.02. The minimum absolute atomic E-state index is 0. The van der Waals surface area contributed by atoms with Crippen LogP contribution in [-0.4, -0.2) is 41.8 Å². The summed E-state index contributed by atoms with van der Waals surface area (Å²) in [4.78, 5) is 2.33. The number of benzene rings is 1. The fraction of sp³-hybridized carbons (Fsp3) is 0.600. The van der Waals surface area contributed by atoms with Gasteiger partial charge in [0.05, 0.1) is 5.60 Å². The second kappa shape index (κ2) is 6.71. The molecule has 1 saturated heterocycles. The lowest BCUT2D eigenvalue weighted by Gasteiger charge is -2.25. The molecule has 1 aliphatic heterocycles. The normalized spacial score (nSPS) is 24.2. The monoisotopic (exact) mass is 284 g/mol. The van der Waals surface area contributed by atoms with Crippen molar-refractivity contribution in [3.05, 3.63) is 35.9 Å². The summed E-state index contributed by atoms with van der Waals surface area (Å²) in [6.45, 7) is 7.13. The van der Waals surface area contributed by atoms with Gasteiger partial charge in [0.25, 0.3) is 0 Å². The van der Waals surface area contributed by atoms with Crippen molar-refractivity contribution < 1.29 is 5.11 Å². The molecule has 4 heteroatoms. The van der Waals surface area contributed by atoms with Crippen molar-refractivity contribution in [1.82, 2.24) is 4.90 Å². The van der Waals surface area contributed by atoms with Gasteiger partial charge < -0.3 is 10.8 Å². The highest BCUT2D eigenvalue weighted by molar-refractivity contribution is 5.85. The number of β-amino-alcohol motifs (C(OH)–C–C–N with tert-alkyl or cyclic N) is 1. The lowest BCUT2D eigenvalue weighted by molar-refractivity contribution is 0.0426. The Balaban J connectivity index is 0.00000180. The molecule has 1 fully saturated rings. The standard InChI is InChI=1S/C15H24N2O.ClH/c1-15(2,18)11-17-9-13(8-16)14(10-17)12-6-4-3-5-7-12;/h3-7,13-14,18H,8-11,16H2,1-2H3;1H/t13-,14+;/m1./s1. The molecule has 1 aromatic carbocycles. The molecule has 0 aliphatic carbocycles. The summed E-state index contributed by atoms with van der Waals surface area (Å²) in [5.41, 5.74) is 6.63. The molecule has 0 aromatic heterocycles. The van der Waals surface area contributed by atoms with Crippen LogP contribution in [0.15, 0.2) is 30.3 Å². The third-order valence-corrected chi connectivity index (χ3v) is 3.66. The van der Waals surface area contributed by atoms with Crippen LogP contribution in [0.2, 0.25) is 0 Å². The molecular weight excluding hydrogens is 260 g/mol. The Kier molecular flexibility index (Phi) is 5.81. The van der Waals surface area contributed by atoms with E-state index >= 15 is 0 Å². The summed E-state index contributed by atoms with van der Waals surface area (Å²) in [5, 5.41) is 9.92. The molecule has 1 aromatic rings. The maximum absolute atomic E-state index is 9.92. The van der Waals surface area contributed by atoms with Crippen LogP contribution in [0.4, 0.5) is 0 Å². The van der Waals surface area contributed by atoms with Crippen LogP contribution in [0.1, 0.15) is 25.3 Å². The molecule has 1 aliphatic rings. The van der Waals surface area contributed by atoms with E-state index < -0.39 is 5.60 Å². The van der Waals surface area contributed by atoms with Crippen LogP contribution < -0.4 is 5.73 Å². The molecule has 19 heavy (non-hydrogen) atoms. The minimum Gasteiger partial charge on any atom is -0.389 e. The molecule has 108 valence electrons. The van der Waals surface area contributed by atoms with Crippen LogP contribution in [0.3, 0.4) is 0 Å². The first-order valence-electron chi connectivity index (χ1n) is 6.69. The Morgan fingerprint density at radius 3 is 2.42 bits per heavy atom. The Hall–Kier alpha value is -0.610. The van der Waals surface area contributed by atoms with Crippen LogP contribution in [-0.2, 0) is 0 Å². The zero-order valence-corrected chi connectivity index (χ0v) is 12.6. The van der Waals surface area contributed by atoms with Gasteiger partial charge in [0.15, 0.2) is 0 Å². The van der Waals surface area contributed by atoms with E-state index in [2.05, 4.69) is 29.2 Å². The third kappa shape index (κ3) is 4.46. The SMILES string of the molecule is CC(C)(O)CN1C[C@@H](CN)[C@H](c2ccccc2)C1.Cl. The third-order valence-electron chi connectivity index (χ3n) is 3.66. The predicted molar refractivity (Wildman–Crippen MR) is 81.7 cm³/mol. The van der Waals surface area contributed by atoms with Crippen molar-refractivity contribution in [1.29, 1.82) is 0 Å². The topological polar surface area (TPSA) is 49.5 Å². The molecule has 2 rings (SSSR count). The lowest BCUT2D eigenvalue weighted by Crippen LogP contribution is -2.37. The van der Waals surface area contributed by atoms with E-state index in [1.54, 1.807) is 0 Å². The number of rotatable bonds is 4. The molecule has 1 heterocycles. The van der Waals surface area contributed by atoms with Crippen molar-refractivity contribution in [2.45, 2.75) is 25.4 Å². The van der Waals surface area contributed by atoms with Crippen molar-refractivity contribution >= 4 is 12.4 Å². The summed E-state index contributed by atoms with van der Waals surface area (Å²) in [6.07, 6.45) is 0. The lowest BCUT2D eigenvalue weighted by atomic mass is 9.89. The second-order valence-electron chi connectivity index (χ2n) is 6.02. The summed E-state index contributed by atoms with van der Waals surface area (Å²) in [6, 6.07) is 10.6. The van der Waals surface area contributed by atoms with E-state index in [-0.39, 0.29) is 12.4 Å². The molecule has 0 unspecified atom stereocenters. The molecule has 3 nitrogen and oxygen atoms in total. The Labute approximate surface area is 122 Å². The molecule has 0 radical (unpaired) electrons. The number of aliphatic hydroxyl groups is 1. The molecule has 0 saturated carbocycles. The number of hydrogen-bond donors (Lipinski definition) is 2. The molecule has 2 atom stereocenters. The van der Waals surface area contributed by atoms with Crippen molar-refractivity contribution in [3.8, 4) is 0 Å². The highest BCUT2D eigenvalue weighted by Crippen LogP contribution is 2.32. The minimum atomic E-state index is -0.634. The van der Waals surface area contributed by atoms with Gasteiger partial charge in [-0.25, -0.2) is 0 Å². The van der Waals surface area contributed by atoms with Gasteiger partial charge in [-0.3, -0.25) is 4.90 Å². The van der Waals surface area contributed by atoms with E-state index in [1.165, 1.54) is 5.56 Å². The number of nitrogens with two attached hydrogens (primary N) is 1. The maximum Gasteiger partial charge on any atom is 0.0718 e. The van der Waals surface area contributed by atoms with E-state index in [9.17, 15) is 5.11 Å². The molecule has 0 amide bonds. The van der Waals surface area contributed by atoms with Crippen molar-refractivity contribution in [2.24, 2.45) is 11.7 Å². The summed E-state index contributed by atoms with van der Waals surface area (Å²) >= 11 is 0. The van der Waals surface area contributed by atoms with Gasteiger partial charge in [-0.2, -0.15) is 0 Å². The highest BCUT2D eigenvalue weighted by atomic mass is 35.5. The van der Waals surface area contributed by atoms with Crippen LogP contribution in [0.25, 0.3) is 0 Å². The predicted octanol–water partition coefficient (Wildman–Crippen LogP) is 1.85. The van der Waals surface area contributed by atoms with Crippen LogP contribution in [0, 0.1) is 5.92 Å². The van der Waals surface area contributed by atoms with Gasteiger partial charge in [-0.1, -0.05) is 30.3 Å². The van der Waals surface area contributed by atoms with Gasteiger partial charge in [-0.05, 0) is 31.9 Å². The van der Waals surface area contributed by atoms with Gasteiger partial charge in [0.2, 0.25) is 0 Å². The molecule has 0 spiro atoms. The number of hydrogen-bond acceptors (Lipinski definition) is 3. The van der Waals surface area contributed by atoms with Gasteiger partial charge in [0.1, 0.15) is 0 Å². The molecular formula is C15H25ClN2O. The Morgan fingerprint density at radius 2 is 1.89 bits per heavy atom. The zero-order valence-electron chi connectivity index (χ0n) is 11.7. The first kappa shape index (κ1) is 16.4. The first-order valence-corrected chi connectivity index (χ1v) is 6.69. The van der Waals surface area contributed by atoms with Crippen LogP contribution >= 0.6 is 12.4 Å². The number of nitrogens with zero attached hydrogens (tertiary/aromatic N) is 1. The zero-order chi connectivity index (χ0) is 13.2. The molecule has 0 bridgehead atoms. The summed E-state index contributed by atoms with van der Waals surface area (Å²) < 4.78 is 0. The average Bonchev–Trinajstić information content (AvgIpc) is 2.71. The van der Waals surface area contributed by atoms with E-state index in [1.807, 2.05) is 19.9 Å². The van der Waals surface area contributed by atoms with E-state index in [4.69, 9.17) is 5.73 Å². The Bertz CT molecular complexity index is 377. The number of likely N-dealkylation sites (tertiary alicyclic amines) is 1. The number of halogens is 1. The fourth-order valence-electron chi connectivity index (χ4n) is 2.95. The average molecular weight is 285 g/mol. The quantitative estimate of drug-likeness (QED) is 0.887. The summed E-state index contributed by atoms with van der Waals surface area (Å²) in [7, 11) is 0. The van der Waals surface area contributed by atoms with Crippen molar-refractivity contribution in [3.63, 3.8) is 0 Å².